The van der Waals surface area contributed by atoms with Crippen molar-refractivity contribution in [1.29, 1.82) is 0 Å². The van der Waals surface area contributed by atoms with Gasteiger partial charge < -0.3 is 5.11 Å². The lowest BCUT2D eigenvalue weighted by Gasteiger charge is -2.17. The number of fused-ring (bicyclic) bond motifs is 1. The highest BCUT2D eigenvalue weighted by atomic mass is 28.3. The number of phenolic OH excluding ortho intramolecular Hbond substituents is 1. The van der Waals surface area contributed by atoms with Crippen LogP contribution in [0.1, 0.15) is 0 Å². The smallest absolute Gasteiger partial charge is 0.269 e. The summed E-state index contributed by atoms with van der Waals surface area (Å²) in [4.78, 5) is 10.2. The van der Waals surface area contributed by atoms with E-state index >= 15 is 0 Å². The first-order valence-corrected chi connectivity index (χ1v) is 11.7. The van der Waals surface area contributed by atoms with E-state index in [0.29, 0.717) is 11.4 Å². The van der Waals surface area contributed by atoms with Crippen molar-refractivity contribution in [1.82, 2.24) is 0 Å². The summed E-state index contributed by atoms with van der Waals surface area (Å²) >= 11 is 0. The molecule has 0 fully saturated rings. The molecule has 1 N–H and O–H groups in total. The second-order valence-corrected chi connectivity index (χ2v) is 12.2. The van der Waals surface area contributed by atoms with E-state index in [1.54, 1.807) is 6.07 Å². The maximum atomic E-state index is 10.7. The van der Waals surface area contributed by atoms with Crippen molar-refractivity contribution in [3.63, 3.8) is 0 Å². The van der Waals surface area contributed by atoms with Crippen LogP contribution in [0.5, 0.6) is 5.75 Å². The average molecular weight is 365 g/mol. The van der Waals surface area contributed by atoms with Crippen molar-refractivity contribution in [3.8, 4) is 5.75 Å². The summed E-state index contributed by atoms with van der Waals surface area (Å²) in [7, 11) is -1.44. The van der Waals surface area contributed by atoms with Gasteiger partial charge in [-0.05, 0) is 23.6 Å². The highest BCUT2D eigenvalue weighted by molar-refractivity contribution is 6.88. The van der Waals surface area contributed by atoms with Gasteiger partial charge in [0.05, 0.1) is 18.7 Å². The minimum Gasteiger partial charge on any atom is -0.506 e. The third-order valence-electron chi connectivity index (χ3n) is 4.16. The number of hydrogen-bond donors (Lipinski definition) is 1. The van der Waals surface area contributed by atoms with Crippen LogP contribution in [0, 0.1) is 10.1 Å². The van der Waals surface area contributed by atoms with Crippen molar-refractivity contribution >= 4 is 41.1 Å². The SMILES string of the molecule is C[Si](C)(C)c1ccc2c(N=Nc3ccc([N+](=O)[O-])cc3)c(O)ccc2c1. The summed E-state index contributed by atoms with van der Waals surface area (Å²) in [5.74, 6) is 0.0453. The van der Waals surface area contributed by atoms with Gasteiger partial charge in [0, 0.05) is 17.5 Å². The van der Waals surface area contributed by atoms with E-state index in [1.807, 2.05) is 12.1 Å². The van der Waals surface area contributed by atoms with Crippen molar-refractivity contribution < 1.29 is 10.0 Å². The van der Waals surface area contributed by atoms with Crippen LogP contribution in [0.3, 0.4) is 0 Å². The zero-order chi connectivity index (χ0) is 18.9. The average Bonchev–Trinajstić information content (AvgIpc) is 2.60. The molecule has 0 spiro atoms. The fraction of sp³-hybridized carbons (Fsp3) is 0.158. The molecule has 3 aromatic carbocycles. The van der Waals surface area contributed by atoms with E-state index in [9.17, 15) is 15.2 Å². The third-order valence-corrected chi connectivity index (χ3v) is 6.21. The van der Waals surface area contributed by atoms with Crippen molar-refractivity contribution in [2.75, 3.05) is 0 Å². The lowest BCUT2D eigenvalue weighted by Crippen LogP contribution is -2.37. The summed E-state index contributed by atoms with van der Waals surface area (Å²) in [5, 5.41) is 32.3. The van der Waals surface area contributed by atoms with E-state index in [2.05, 4.69) is 42.0 Å². The Morgan fingerprint density at radius 2 is 1.65 bits per heavy atom. The predicted octanol–water partition coefficient (Wildman–Crippen LogP) is 5.41. The van der Waals surface area contributed by atoms with Crippen LogP contribution in [0.4, 0.5) is 17.1 Å². The topological polar surface area (TPSA) is 88.1 Å². The Bertz CT molecular complexity index is 1010. The Balaban J connectivity index is 2.01. The fourth-order valence-corrected chi connectivity index (χ4v) is 3.79. The molecule has 6 nitrogen and oxygen atoms in total. The van der Waals surface area contributed by atoms with E-state index in [0.717, 1.165) is 10.8 Å². The monoisotopic (exact) mass is 365 g/mol. The fourth-order valence-electron chi connectivity index (χ4n) is 2.62. The second-order valence-electron chi connectivity index (χ2n) is 7.09. The van der Waals surface area contributed by atoms with Crippen LogP contribution in [0.25, 0.3) is 10.8 Å². The van der Waals surface area contributed by atoms with Crippen LogP contribution >= 0.6 is 0 Å². The summed E-state index contributed by atoms with van der Waals surface area (Å²) in [6.07, 6.45) is 0. The van der Waals surface area contributed by atoms with Crippen molar-refractivity contribution in [2.45, 2.75) is 19.6 Å². The molecule has 0 amide bonds. The molecule has 3 aromatic rings. The summed E-state index contributed by atoms with van der Waals surface area (Å²) in [5.41, 5.74) is 0.865. The van der Waals surface area contributed by atoms with Crippen molar-refractivity contribution in [3.05, 3.63) is 64.7 Å². The Hall–Kier alpha value is -3.06. The largest absolute Gasteiger partial charge is 0.506 e. The molecule has 3 rings (SSSR count). The van der Waals surface area contributed by atoms with Gasteiger partial charge in [-0.1, -0.05) is 49.1 Å². The van der Waals surface area contributed by atoms with Gasteiger partial charge in [-0.15, -0.1) is 5.11 Å². The first-order chi connectivity index (χ1) is 12.3. The van der Waals surface area contributed by atoms with Crippen LogP contribution < -0.4 is 5.19 Å². The van der Waals surface area contributed by atoms with Crippen LogP contribution in [0.2, 0.25) is 19.6 Å². The Kier molecular flexibility index (Phi) is 4.56. The van der Waals surface area contributed by atoms with E-state index < -0.39 is 13.0 Å². The molecule has 26 heavy (non-hydrogen) atoms. The number of nitro benzene ring substituents is 1. The maximum absolute atomic E-state index is 10.7. The minimum atomic E-state index is -1.44. The van der Waals surface area contributed by atoms with Crippen molar-refractivity contribution in [2.24, 2.45) is 10.2 Å². The molecule has 7 heteroatoms. The number of nitrogens with zero attached hydrogens (tertiary/aromatic N) is 3. The van der Waals surface area contributed by atoms with Gasteiger partial charge in [0.15, 0.2) is 0 Å². The lowest BCUT2D eigenvalue weighted by atomic mass is 10.1. The highest BCUT2D eigenvalue weighted by Gasteiger charge is 2.17. The van der Waals surface area contributed by atoms with Crippen LogP contribution in [0.15, 0.2) is 64.8 Å². The molecule has 0 aliphatic carbocycles. The van der Waals surface area contributed by atoms with Gasteiger partial charge in [-0.3, -0.25) is 10.1 Å². The number of hydrogen-bond acceptors (Lipinski definition) is 5. The number of non-ortho nitro benzene ring substituents is 1. The van der Waals surface area contributed by atoms with Crippen LogP contribution in [-0.2, 0) is 0 Å². The number of aromatic hydroxyl groups is 1. The number of rotatable bonds is 4. The first kappa shape index (κ1) is 17.8. The van der Waals surface area contributed by atoms with Gasteiger partial charge in [0.1, 0.15) is 11.4 Å². The molecule has 0 saturated heterocycles. The Labute approximate surface area is 152 Å². The normalized spacial score (nSPS) is 12.0. The molecule has 132 valence electrons. The molecule has 0 aliphatic rings. The Morgan fingerprint density at radius 1 is 0.962 bits per heavy atom. The molecule has 0 heterocycles. The highest BCUT2D eigenvalue weighted by Crippen LogP contribution is 2.36. The van der Waals surface area contributed by atoms with E-state index in [4.69, 9.17) is 0 Å². The maximum Gasteiger partial charge on any atom is 0.269 e. The molecule has 0 atom stereocenters. The predicted molar refractivity (Wildman–Crippen MR) is 106 cm³/mol. The van der Waals surface area contributed by atoms with Gasteiger partial charge in [-0.2, -0.15) is 5.11 Å². The van der Waals surface area contributed by atoms with Gasteiger partial charge in [-0.25, -0.2) is 0 Å². The zero-order valence-corrected chi connectivity index (χ0v) is 15.8. The minimum absolute atomic E-state index is 0.00386. The molecule has 0 saturated carbocycles. The van der Waals surface area contributed by atoms with E-state index in [-0.39, 0.29) is 11.4 Å². The molecule has 0 aliphatic heterocycles. The number of azo groups is 1. The second kappa shape index (κ2) is 6.68. The van der Waals surface area contributed by atoms with Crippen LogP contribution in [-0.4, -0.2) is 18.1 Å². The summed E-state index contributed by atoms with van der Waals surface area (Å²) in [6.45, 7) is 6.84. The molecule has 0 radical (unpaired) electrons. The van der Waals surface area contributed by atoms with E-state index in [1.165, 1.54) is 29.5 Å². The summed E-state index contributed by atoms with van der Waals surface area (Å²) in [6, 6.07) is 15.5. The molecule has 0 aromatic heterocycles. The molecular formula is C19H19N3O3Si. The van der Waals surface area contributed by atoms with Gasteiger partial charge in [0.2, 0.25) is 0 Å². The Morgan fingerprint density at radius 3 is 2.27 bits per heavy atom. The van der Waals surface area contributed by atoms with Gasteiger partial charge in [0.25, 0.3) is 5.69 Å². The number of nitro groups is 1. The summed E-state index contributed by atoms with van der Waals surface area (Å²) < 4.78 is 0. The standard InChI is InChI=1S/C19H19N3O3Si/c1-26(2,3)16-9-10-17-13(12-16)4-11-18(23)19(17)21-20-14-5-7-15(8-6-14)22(24)25/h4-12,23H,1-3H3. The quantitative estimate of drug-likeness (QED) is 0.290. The molecule has 0 unspecified atom stereocenters. The zero-order valence-electron chi connectivity index (χ0n) is 14.8. The number of phenols is 1. The molecule has 0 bridgehead atoms. The first-order valence-electron chi connectivity index (χ1n) is 8.18. The van der Waals surface area contributed by atoms with Gasteiger partial charge >= 0.3 is 0 Å². The molecular weight excluding hydrogens is 346 g/mol. The lowest BCUT2D eigenvalue weighted by molar-refractivity contribution is -0.384. The number of benzene rings is 3. The third kappa shape index (κ3) is 3.62.